The van der Waals surface area contributed by atoms with Gasteiger partial charge >= 0.3 is 0 Å². The zero-order valence-electron chi connectivity index (χ0n) is 9.48. The Bertz CT molecular complexity index is 351. The third kappa shape index (κ3) is 1.99. The van der Waals surface area contributed by atoms with E-state index < -0.39 is 0 Å². The van der Waals surface area contributed by atoms with E-state index in [1.54, 1.807) is 0 Å². The van der Waals surface area contributed by atoms with E-state index in [1.165, 1.54) is 24.8 Å². The van der Waals surface area contributed by atoms with Gasteiger partial charge in [-0.15, -0.1) is 11.6 Å². The number of alkyl halides is 1. The van der Waals surface area contributed by atoms with Gasteiger partial charge in [-0.05, 0) is 30.7 Å². The Morgan fingerprint density at radius 2 is 2.00 bits per heavy atom. The second kappa shape index (κ2) is 4.38. The van der Waals surface area contributed by atoms with Crippen molar-refractivity contribution in [1.29, 1.82) is 0 Å². The van der Waals surface area contributed by atoms with Crippen LogP contribution >= 0.6 is 11.6 Å². The number of likely N-dealkylation sites (tertiary alicyclic amines) is 1. The topological polar surface area (TPSA) is 3.24 Å². The van der Waals surface area contributed by atoms with Gasteiger partial charge in [0.05, 0.1) is 0 Å². The second-order valence-electron chi connectivity index (χ2n) is 5.16. The van der Waals surface area contributed by atoms with E-state index in [0.717, 1.165) is 25.0 Å². The Balaban J connectivity index is 1.71. The normalized spacial score (nSPS) is 34.2. The first kappa shape index (κ1) is 10.6. The fourth-order valence-electron chi connectivity index (χ4n) is 3.19. The maximum atomic E-state index is 6.43. The van der Waals surface area contributed by atoms with E-state index in [2.05, 4.69) is 35.2 Å². The van der Waals surface area contributed by atoms with Gasteiger partial charge in [-0.3, -0.25) is 4.90 Å². The van der Waals surface area contributed by atoms with Gasteiger partial charge < -0.3 is 0 Å². The summed E-state index contributed by atoms with van der Waals surface area (Å²) in [5.41, 5.74) is 1.41. The predicted molar refractivity (Wildman–Crippen MR) is 67.6 cm³/mol. The zero-order valence-corrected chi connectivity index (χ0v) is 10.2. The van der Waals surface area contributed by atoms with Crippen LogP contribution in [-0.2, 0) is 6.54 Å². The van der Waals surface area contributed by atoms with Gasteiger partial charge in [0, 0.05) is 24.5 Å². The molecule has 2 aliphatic rings. The number of halogens is 1. The van der Waals surface area contributed by atoms with Crippen LogP contribution in [0.5, 0.6) is 0 Å². The van der Waals surface area contributed by atoms with Crippen molar-refractivity contribution in [2.75, 3.05) is 6.54 Å². The number of benzene rings is 1. The van der Waals surface area contributed by atoms with Crippen molar-refractivity contribution in [3.63, 3.8) is 0 Å². The molecule has 3 rings (SSSR count). The van der Waals surface area contributed by atoms with Crippen LogP contribution in [0.4, 0.5) is 0 Å². The maximum Gasteiger partial charge on any atom is 0.0492 e. The highest BCUT2D eigenvalue weighted by atomic mass is 35.5. The molecule has 1 aromatic carbocycles. The second-order valence-corrected chi connectivity index (χ2v) is 5.72. The lowest BCUT2D eigenvalue weighted by Gasteiger charge is -2.36. The molecule has 0 radical (unpaired) electrons. The summed E-state index contributed by atoms with van der Waals surface area (Å²) in [6.45, 7) is 2.15. The van der Waals surface area contributed by atoms with E-state index >= 15 is 0 Å². The Morgan fingerprint density at radius 3 is 2.81 bits per heavy atom. The molecule has 2 bridgehead atoms. The third-order valence-corrected chi connectivity index (χ3v) is 4.61. The number of fused-ring (bicyclic) bond motifs is 2. The van der Waals surface area contributed by atoms with Crippen LogP contribution in [0.25, 0.3) is 0 Å². The summed E-state index contributed by atoms with van der Waals surface area (Å²) in [5.74, 6) is 0.790. The predicted octanol–water partition coefficient (Wildman–Crippen LogP) is 3.28. The number of rotatable bonds is 2. The van der Waals surface area contributed by atoms with Crippen LogP contribution in [0.3, 0.4) is 0 Å². The molecule has 0 amide bonds. The molecule has 0 aromatic heterocycles. The fraction of sp³-hybridized carbons (Fsp3) is 0.571. The van der Waals surface area contributed by atoms with E-state index in [0.29, 0.717) is 5.38 Å². The van der Waals surface area contributed by atoms with Crippen molar-refractivity contribution in [3.05, 3.63) is 35.9 Å². The molecule has 0 unspecified atom stereocenters. The van der Waals surface area contributed by atoms with Crippen LogP contribution < -0.4 is 0 Å². The largest absolute Gasteiger partial charge is 0.295 e. The Morgan fingerprint density at radius 1 is 1.19 bits per heavy atom. The first-order chi connectivity index (χ1) is 7.83. The monoisotopic (exact) mass is 235 g/mol. The van der Waals surface area contributed by atoms with Crippen LogP contribution in [0.2, 0.25) is 0 Å². The number of piperidine rings is 1. The molecular formula is C14H18ClN. The molecule has 1 aromatic rings. The molecule has 1 saturated carbocycles. The highest BCUT2D eigenvalue weighted by Crippen LogP contribution is 2.39. The van der Waals surface area contributed by atoms with Gasteiger partial charge in [0.25, 0.3) is 0 Å². The molecule has 2 heteroatoms. The molecule has 16 heavy (non-hydrogen) atoms. The van der Waals surface area contributed by atoms with E-state index in [4.69, 9.17) is 11.6 Å². The van der Waals surface area contributed by atoms with Gasteiger partial charge in [-0.2, -0.15) is 0 Å². The lowest BCUT2D eigenvalue weighted by molar-refractivity contribution is 0.151. The standard InChI is InChI=1S/C14H18ClN/c15-14-10-16(13-7-6-12(14)8-13)9-11-4-2-1-3-5-11/h1-5,12-14H,6-10H2/t12-,13+,14+/m1/s1. The molecule has 1 aliphatic carbocycles. The summed E-state index contributed by atoms with van der Waals surface area (Å²) in [7, 11) is 0. The van der Waals surface area contributed by atoms with Gasteiger partial charge in [0.1, 0.15) is 0 Å². The molecule has 2 fully saturated rings. The summed E-state index contributed by atoms with van der Waals surface area (Å²) in [4.78, 5) is 2.58. The molecule has 3 atom stereocenters. The fourth-order valence-corrected chi connectivity index (χ4v) is 3.59. The lowest BCUT2D eigenvalue weighted by Crippen LogP contribution is -2.42. The highest BCUT2D eigenvalue weighted by molar-refractivity contribution is 6.21. The van der Waals surface area contributed by atoms with Gasteiger partial charge in [0.2, 0.25) is 0 Å². The van der Waals surface area contributed by atoms with Crippen LogP contribution in [0.15, 0.2) is 30.3 Å². The van der Waals surface area contributed by atoms with Crippen molar-refractivity contribution >= 4 is 11.6 Å². The molecule has 0 N–H and O–H groups in total. The third-order valence-electron chi connectivity index (χ3n) is 4.11. The van der Waals surface area contributed by atoms with Crippen molar-refractivity contribution < 1.29 is 0 Å². The summed E-state index contributed by atoms with van der Waals surface area (Å²) in [6, 6.07) is 11.5. The average Bonchev–Trinajstić information content (AvgIpc) is 2.73. The summed E-state index contributed by atoms with van der Waals surface area (Å²) in [6.07, 6.45) is 4.01. The van der Waals surface area contributed by atoms with Gasteiger partial charge in [0.15, 0.2) is 0 Å². The SMILES string of the molecule is Cl[C@H]1CN(Cc2ccccc2)[C@H]2CC[C@@H]1C2. The Labute approximate surface area is 102 Å². The quantitative estimate of drug-likeness (QED) is 0.712. The van der Waals surface area contributed by atoms with Crippen molar-refractivity contribution in [2.24, 2.45) is 5.92 Å². The van der Waals surface area contributed by atoms with Crippen LogP contribution in [0.1, 0.15) is 24.8 Å². The Hall–Kier alpha value is -0.530. The maximum absolute atomic E-state index is 6.43. The van der Waals surface area contributed by atoms with E-state index in [9.17, 15) is 0 Å². The van der Waals surface area contributed by atoms with E-state index in [-0.39, 0.29) is 0 Å². The lowest BCUT2D eigenvalue weighted by atomic mass is 9.98. The molecule has 1 heterocycles. The van der Waals surface area contributed by atoms with Crippen molar-refractivity contribution in [3.8, 4) is 0 Å². The average molecular weight is 236 g/mol. The Kier molecular flexibility index (Phi) is 2.91. The molecular weight excluding hydrogens is 218 g/mol. The zero-order chi connectivity index (χ0) is 11.0. The number of hydrogen-bond donors (Lipinski definition) is 0. The minimum absolute atomic E-state index is 0.377. The van der Waals surface area contributed by atoms with Crippen LogP contribution in [0, 0.1) is 5.92 Å². The molecule has 1 saturated heterocycles. The first-order valence-electron chi connectivity index (χ1n) is 6.25. The number of hydrogen-bond acceptors (Lipinski definition) is 1. The van der Waals surface area contributed by atoms with Crippen molar-refractivity contribution in [1.82, 2.24) is 4.90 Å². The summed E-state index contributed by atoms with van der Waals surface area (Å²) < 4.78 is 0. The van der Waals surface area contributed by atoms with Crippen molar-refractivity contribution in [2.45, 2.75) is 37.2 Å². The molecule has 1 aliphatic heterocycles. The molecule has 1 nitrogen and oxygen atoms in total. The summed E-state index contributed by atoms with van der Waals surface area (Å²) in [5, 5.41) is 0.377. The van der Waals surface area contributed by atoms with Crippen LogP contribution in [-0.4, -0.2) is 22.9 Å². The minimum Gasteiger partial charge on any atom is -0.295 e. The molecule has 0 spiro atoms. The van der Waals surface area contributed by atoms with Gasteiger partial charge in [-0.25, -0.2) is 0 Å². The van der Waals surface area contributed by atoms with E-state index in [1.807, 2.05) is 0 Å². The smallest absolute Gasteiger partial charge is 0.0492 e. The van der Waals surface area contributed by atoms with Gasteiger partial charge in [-0.1, -0.05) is 30.3 Å². The molecule has 86 valence electrons. The minimum atomic E-state index is 0.377. The first-order valence-corrected chi connectivity index (χ1v) is 6.68. The summed E-state index contributed by atoms with van der Waals surface area (Å²) >= 11 is 6.43. The highest BCUT2D eigenvalue weighted by Gasteiger charge is 2.39. The number of nitrogens with zero attached hydrogens (tertiary/aromatic N) is 1.